The first-order chi connectivity index (χ1) is 6.90. The Morgan fingerprint density at radius 1 is 1.43 bits per heavy atom. The second-order valence-electron chi connectivity index (χ2n) is 3.36. The third kappa shape index (κ3) is 2.15. The molecule has 1 aliphatic rings. The van der Waals surface area contributed by atoms with Gasteiger partial charge in [0.1, 0.15) is 5.75 Å². The average Bonchev–Trinajstić information content (AvgIpc) is 2.18. The van der Waals surface area contributed by atoms with E-state index in [-0.39, 0.29) is 0 Å². The van der Waals surface area contributed by atoms with Crippen LogP contribution in [-0.4, -0.2) is 19.4 Å². The highest BCUT2D eigenvalue weighted by Gasteiger charge is 2.06. The molecule has 0 saturated carbocycles. The first-order valence-electron chi connectivity index (χ1n) is 4.88. The van der Waals surface area contributed by atoms with Crippen LogP contribution in [0.2, 0.25) is 0 Å². The van der Waals surface area contributed by atoms with Crippen LogP contribution in [0, 0.1) is 0 Å². The highest BCUT2D eigenvalue weighted by molar-refractivity contribution is 7.98. The monoisotopic (exact) mass is 209 g/mol. The molecule has 0 unspecified atom stereocenters. The number of thioether (sulfide) groups is 1. The smallest absolute Gasteiger partial charge is 0.119 e. The molecule has 0 amide bonds. The molecule has 3 heteroatoms. The van der Waals surface area contributed by atoms with Gasteiger partial charge in [0.05, 0.1) is 7.11 Å². The fourth-order valence-electron chi connectivity index (χ4n) is 1.57. The van der Waals surface area contributed by atoms with Crippen molar-refractivity contribution in [3.63, 3.8) is 0 Å². The second kappa shape index (κ2) is 4.60. The van der Waals surface area contributed by atoms with Gasteiger partial charge in [0, 0.05) is 18.0 Å². The Bertz CT molecular complexity index is 314. The third-order valence-corrected chi connectivity index (χ3v) is 3.44. The molecular formula is C11H15NOS. The van der Waals surface area contributed by atoms with E-state index in [2.05, 4.69) is 17.4 Å². The summed E-state index contributed by atoms with van der Waals surface area (Å²) in [7, 11) is 1.71. The summed E-state index contributed by atoms with van der Waals surface area (Å²) < 4.78 is 5.22. The number of methoxy groups -OCH3 is 1. The molecule has 1 N–H and O–H groups in total. The maximum atomic E-state index is 5.22. The van der Waals surface area contributed by atoms with Crippen molar-refractivity contribution in [2.75, 3.05) is 24.7 Å². The van der Waals surface area contributed by atoms with Gasteiger partial charge in [-0.25, -0.2) is 0 Å². The molecule has 2 nitrogen and oxygen atoms in total. The Kier molecular flexibility index (Phi) is 3.19. The van der Waals surface area contributed by atoms with E-state index >= 15 is 0 Å². The first kappa shape index (κ1) is 9.71. The van der Waals surface area contributed by atoms with E-state index in [4.69, 9.17) is 4.74 Å². The van der Waals surface area contributed by atoms with E-state index in [0.29, 0.717) is 0 Å². The topological polar surface area (TPSA) is 21.3 Å². The van der Waals surface area contributed by atoms with Crippen LogP contribution in [0.1, 0.15) is 12.0 Å². The molecule has 0 radical (unpaired) electrons. The van der Waals surface area contributed by atoms with Gasteiger partial charge in [0.15, 0.2) is 0 Å². The summed E-state index contributed by atoms with van der Waals surface area (Å²) in [5.41, 5.74) is 2.62. The van der Waals surface area contributed by atoms with E-state index in [1.54, 1.807) is 7.11 Å². The standard InChI is InChI=1S/C11H15NOS/c1-13-10-3-4-11-9(7-10)8-14-6-2-5-12-11/h3-4,7,12H,2,5-6,8H2,1H3. The predicted molar refractivity (Wildman–Crippen MR) is 62.3 cm³/mol. The molecule has 0 bridgehead atoms. The van der Waals surface area contributed by atoms with E-state index in [9.17, 15) is 0 Å². The molecule has 2 rings (SSSR count). The van der Waals surface area contributed by atoms with Gasteiger partial charge in [-0.15, -0.1) is 0 Å². The van der Waals surface area contributed by atoms with Crippen LogP contribution < -0.4 is 10.1 Å². The van der Waals surface area contributed by atoms with Crippen molar-refractivity contribution in [1.29, 1.82) is 0 Å². The molecule has 1 aromatic rings. The van der Waals surface area contributed by atoms with Crippen molar-refractivity contribution in [3.8, 4) is 5.75 Å². The molecule has 0 atom stereocenters. The first-order valence-corrected chi connectivity index (χ1v) is 6.04. The Balaban J connectivity index is 2.26. The third-order valence-electron chi connectivity index (χ3n) is 2.35. The minimum atomic E-state index is 0.951. The Labute approximate surface area is 89.0 Å². The number of benzene rings is 1. The molecule has 0 aliphatic carbocycles. The van der Waals surface area contributed by atoms with Crippen molar-refractivity contribution in [2.45, 2.75) is 12.2 Å². The van der Waals surface area contributed by atoms with Crippen molar-refractivity contribution in [2.24, 2.45) is 0 Å². The lowest BCUT2D eigenvalue weighted by Crippen LogP contribution is -2.07. The second-order valence-corrected chi connectivity index (χ2v) is 4.46. The van der Waals surface area contributed by atoms with Crippen molar-refractivity contribution in [3.05, 3.63) is 23.8 Å². The minimum Gasteiger partial charge on any atom is -0.497 e. The van der Waals surface area contributed by atoms with Crippen LogP contribution in [0.25, 0.3) is 0 Å². The highest BCUT2D eigenvalue weighted by Crippen LogP contribution is 2.27. The van der Waals surface area contributed by atoms with Gasteiger partial charge < -0.3 is 10.1 Å². The SMILES string of the molecule is COc1ccc2c(c1)CSCCCN2. The lowest BCUT2D eigenvalue weighted by molar-refractivity contribution is 0.414. The fraction of sp³-hybridized carbons (Fsp3) is 0.455. The summed E-state index contributed by atoms with van der Waals surface area (Å²) in [6.07, 6.45) is 1.25. The maximum absolute atomic E-state index is 5.22. The minimum absolute atomic E-state index is 0.951. The molecule has 0 fully saturated rings. The van der Waals surface area contributed by atoms with Gasteiger partial charge in [-0.3, -0.25) is 0 Å². The van der Waals surface area contributed by atoms with Crippen LogP contribution in [-0.2, 0) is 5.75 Å². The van der Waals surface area contributed by atoms with E-state index in [0.717, 1.165) is 18.0 Å². The summed E-state index contributed by atoms with van der Waals surface area (Å²) in [5.74, 6) is 3.27. The molecule has 0 spiro atoms. The lowest BCUT2D eigenvalue weighted by atomic mass is 10.2. The average molecular weight is 209 g/mol. The molecule has 0 aromatic heterocycles. The van der Waals surface area contributed by atoms with Gasteiger partial charge in [-0.05, 0) is 35.9 Å². The van der Waals surface area contributed by atoms with Crippen LogP contribution in [0.3, 0.4) is 0 Å². The van der Waals surface area contributed by atoms with Gasteiger partial charge >= 0.3 is 0 Å². The summed E-state index contributed by atoms with van der Waals surface area (Å²) in [6.45, 7) is 1.08. The summed E-state index contributed by atoms with van der Waals surface area (Å²) in [5, 5.41) is 3.45. The highest BCUT2D eigenvalue weighted by atomic mass is 32.2. The van der Waals surface area contributed by atoms with Crippen LogP contribution in [0.15, 0.2) is 18.2 Å². The van der Waals surface area contributed by atoms with Crippen LogP contribution in [0.4, 0.5) is 5.69 Å². The van der Waals surface area contributed by atoms with Gasteiger partial charge in [-0.1, -0.05) is 0 Å². The number of anilines is 1. The number of ether oxygens (including phenoxy) is 1. The number of fused-ring (bicyclic) bond motifs is 1. The number of hydrogen-bond acceptors (Lipinski definition) is 3. The molecule has 1 heterocycles. The van der Waals surface area contributed by atoms with Crippen molar-refractivity contribution < 1.29 is 4.74 Å². The predicted octanol–water partition coefficient (Wildman–Crippen LogP) is 2.74. The zero-order chi connectivity index (χ0) is 9.80. The van der Waals surface area contributed by atoms with Gasteiger partial charge in [0.25, 0.3) is 0 Å². The van der Waals surface area contributed by atoms with Crippen LogP contribution in [0.5, 0.6) is 5.75 Å². The summed E-state index contributed by atoms with van der Waals surface area (Å²) in [4.78, 5) is 0. The van der Waals surface area contributed by atoms with Gasteiger partial charge in [-0.2, -0.15) is 11.8 Å². The normalized spacial score (nSPS) is 16.1. The largest absolute Gasteiger partial charge is 0.497 e. The Hall–Kier alpha value is -0.830. The number of hydrogen-bond donors (Lipinski definition) is 1. The van der Waals surface area contributed by atoms with Crippen LogP contribution >= 0.6 is 11.8 Å². The summed E-state index contributed by atoms with van der Waals surface area (Å²) in [6, 6.07) is 6.25. The quantitative estimate of drug-likeness (QED) is 0.768. The van der Waals surface area contributed by atoms with E-state index in [1.807, 2.05) is 17.8 Å². The van der Waals surface area contributed by atoms with E-state index < -0.39 is 0 Å². The summed E-state index contributed by atoms with van der Waals surface area (Å²) >= 11 is 2.00. The molecule has 1 aliphatic heterocycles. The zero-order valence-corrected chi connectivity index (χ0v) is 9.19. The molecule has 76 valence electrons. The fourth-order valence-corrected chi connectivity index (χ4v) is 2.52. The van der Waals surface area contributed by atoms with Crippen molar-refractivity contribution >= 4 is 17.4 Å². The molecular weight excluding hydrogens is 194 g/mol. The van der Waals surface area contributed by atoms with Gasteiger partial charge in [0.2, 0.25) is 0 Å². The Morgan fingerprint density at radius 3 is 3.21 bits per heavy atom. The molecule has 1 aromatic carbocycles. The number of rotatable bonds is 1. The molecule has 0 saturated heterocycles. The zero-order valence-electron chi connectivity index (χ0n) is 8.38. The lowest BCUT2D eigenvalue weighted by Gasteiger charge is -2.16. The molecule has 14 heavy (non-hydrogen) atoms. The Morgan fingerprint density at radius 2 is 2.36 bits per heavy atom. The van der Waals surface area contributed by atoms with Crippen molar-refractivity contribution in [1.82, 2.24) is 0 Å². The van der Waals surface area contributed by atoms with E-state index in [1.165, 1.54) is 23.4 Å². The maximum Gasteiger partial charge on any atom is 0.119 e. The number of nitrogens with one attached hydrogen (secondary N) is 1.